The maximum atomic E-state index is 12.3. The van der Waals surface area contributed by atoms with Crippen LogP contribution in [0.4, 0.5) is 0 Å². The lowest BCUT2D eigenvalue weighted by atomic mass is 10.2. The number of benzene rings is 2. The summed E-state index contributed by atoms with van der Waals surface area (Å²) in [7, 11) is 0. The number of hydrogen-bond donors (Lipinski definition) is 2. The number of aromatic nitrogens is 2. The predicted octanol–water partition coefficient (Wildman–Crippen LogP) is 2.43. The first-order valence-corrected chi connectivity index (χ1v) is 8.99. The number of nitrogens with one attached hydrogen (secondary N) is 2. The van der Waals surface area contributed by atoms with Crippen molar-refractivity contribution < 1.29 is 19.1 Å². The minimum Gasteiger partial charge on any atom is -0.462 e. The van der Waals surface area contributed by atoms with Gasteiger partial charge >= 0.3 is 5.97 Å². The SMILES string of the molecule is CCOC(=O)c1cnn(-c2ccc(C(=O)NNC(=O)c3ccccc3)cc2)c1C. The molecule has 0 atom stereocenters. The highest BCUT2D eigenvalue weighted by Gasteiger charge is 2.16. The first kappa shape index (κ1) is 19.8. The Hall–Kier alpha value is -3.94. The van der Waals surface area contributed by atoms with Crippen LogP contribution in [0.25, 0.3) is 5.69 Å². The number of hydrazine groups is 1. The van der Waals surface area contributed by atoms with Crippen LogP contribution in [0.5, 0.6) is 0 Å². The smallest absolute Gasteiger partial charge is 0.341 e. The fourth-order valence-corrected chi connectivity index (χ4v) is 2.68. The van der Waals surface area contributed by atoms with E-state index in [0.29, 0.717) is 28.1 Å². The Balaban J connectivity index is 1.66. The van der Waals surface area contributed by atoms with Crippen molar-refractivity contribution in [1.29, 1.82) is 0 Å². The Morgan fingerprint density at radius 3 is 2.10 bits per heavy atom. The van der Waals surface area contributed by atoms with E-state index in [1.54, 1.807) is 73.1 Å². The van der Waals surface area contributed by atoms with Crippen LogP contribution >= 0.6 is 0 Å². The van der Waals surface area contributed by atoms with E-state index in [1.165, 1.54) is 6.20 Å². The third-order valence-electron chi connectivity index (χ3n) is 4.20. The van der Waals surface area contributed by atoms with Gasteiger partial charge in [0.15, 0.2) is 0 Å². The molecule has 2 aromatic carbocycles. The number of amides is 2. The van der Waals surface area contributed by atoms with Gasteiger partial charge in [-0.2, -0.15) is 5.10 Å². The number of nitrogens with zero attached hydrogens (tertiary/aromatic N) is 2. The van der Waals surface area contributed by atoms with Gasteiger partial charge in [0.25, 0.3) is 11.8 Å². The third kappa shape index (κ3) is 4.49. The van der Waals surface area contributed by atoms with Crippen LogP contribution in [-0.4, -0.2) is 34.2 Å². The maximum Gasteiger partial charge on any atom is 0.341 e. The lowest BCUT2D eigenvalue weighted by molar-refractivity contribution is 0.0525. The Labute approximate surface area is 167 Å². The van der Waals surface area contributed by atoms with Crippen LogP contribution in [0.1, 0.15) is 43.7 Å². The second-order valence-electron chi connectivity index (χ2n) is 6.10. The van der Waals surface area contributed by atoms with Crippen molar-refractivity contribution >= 4 is 17.8 Å². The minimum absolute atomic E-state index is 0.286. The standard InChI is InChI=1S/C21H20N4O4/c1-3-29-21(28)18-13-22-25(14(18)2)17-11-9-16(10-12-17)20(27)24-23-19(26)15-7-5-4-6-8-15/h4-13H,3H2,1-2H3,(H,23,26)(H,24,27). The molecule has 1 aromatic heterocycles. The second kappa shape index (κ2) is 8.83. The van der Waals surface area contributed by atoms with E-state index in [0.717, 1.165) is 0 Å². The fourth-order valence-electron chi connectivity index (χ4n) is 2.68. The molecule has 0 radical (unpaired) electrons. The molecule has 0 aliphatic rings. The lowest BCUT2D eigenvalue weighted by Gasteiger charge is -2.09. The molecule has 8 heteroatoms. The molecule has 0 unspecified atom stereocenters. The van der Waals surface area contributed by atoms with Gasteiger partial charge < -0.3 is 4.74 Å². The second-order valence-corrected chi connectivity index (χ2v) is 6.10. The largest absolute Gasteiger partial charge is 0.462 e. The highest BCUT2D eigenvalue weighted by Crippen LogP contribution is 2.16. The van der Waals surface area contributed by atoms with Crippen molar-refractivity contribution in [2.75, 3.05) is 6.61 Å². The normalized spacial score (nSPS) is 10.3. The Morgan fingerprint density at radius 1 is 0.931 bits per heavy atom. The molecule has 0 saturated carbocycles. The van der Waals surface area contributed by atoms with Gasteiger partial charge in [0.2, 0.25) is 0 Å². The van der Waals surface area contributed by atoms with Gasteiger partial charge in [-0.15, -0.1) is 0 Å². The van der Waals surface area contributed by atoms with Gasteiger partial charge in [0, 0.05) is 11.1 Å². The maximum absolute atomic E-state index is 12.3. The monoisotopic (exact) mass is 392 g/mol. The van der Waals surface area contributed by atoms with Crippen LogP contribution in [0.3, 0.4) is 0 Å². The number of carbonyl (C=O) groups excluding carboxylic acids is 3. The van der Waals surface area contributed by atoms with E-state index in [2.05, 4.69) is 16.0 Å². The van der Waals surface area contributed by atoms with Gasteiger partial charge in [-0.05, 0) is 50.2 Å². The van der Waals surface area contributed by atoms with Crippen molar-refractivity contribution in [3.8, 4) is 5.69 Å². The Morgan fingerprint density at radius 2 is 1.52 bits per heavy atom. The average Bonchev–Trinajstić information content (AvgIpc) is 3.14. The van der Waals surface area contributed by atoms with E-state index in [-0.39, 0.29) is 6.61 Å². The number of hydrogen-bond acceptors (Lipinski definition) is 5. The van der Waals surface area contributed by atoms with Gasteiger partial charge in [0.05, 0.1) is 24.2 Å². The van der Waals surface area contributed by atoms with E-state index in [4.69, 9.17) is 4.74 Å². The molecule has 3 rings (SSSR count). The van der Waals surface area contributed by atoms with Crippen LogP contribution in [-0.2, 0) is 4.74 Å². The van der Waals surface area contributed by atoms with Crippen molar-refractivity contribution in [1.82, 2.24) is 20.6 Å². The molecule has 2 amide bonds. The van der Waals surface area contributed by atoms with E-state index < -0.39 is 17.8 Å². The number of ether oxygens (including phenoxy) is 1. The molecule has 8 nitrogen and oxygen atoms in total. The summed E-state index contributed by atoms with van der Waals surface area (Å²) in [6.07, 6.45) is 1.45. The first-order valence-electron chi connectivity index (χ1n) is 8.99. The predicted molar refractivity (Wildman–Crippen MR) is 106 cm³/mol. The average molecular weight is 392 g/mol. The van der Waals surface area contributed by atoms with Crippen molar-refractivity contribution in [3.05, 3.63) is 83.2 Å². The molecule has 2 N–H and O–H groups in total. The number of esters is 1. The fraction of sp³-hybridized carbons (Fsp3) is 0.143. The number of rotatable bonds is 5. The first-order chi connectivity index (χ1) is 14.0. The molecular formula is C21H20N4O4. The highest BCUT2D eigenvalue weighted by molar-refractivity contribution is 5.99. The molecule has 0 spiro atoms. The van der Waals surface area contributed by atoms with Gasteiger partial charge in [-0.25, -0.2) is 9.48 Å². The zero-order chi connectivity index (χ0) is 20.8. The quantitative estimate of drug-likeness (QED) is 0.513. The van der Waals surface area contributed by atoms with Crippen LogP contribution in [0.15, 0.2) is 60.8 Å². The summed E-state index contributed by atoms with van der Waals surface area (Å²) in [5, 5.41) is 4.22. The van der Waals surface area contributed by atoms with Crippen LogP contribution in [0.2, 0.25) is 0 Å². The summed E-state index contributed by atoms with van der Waals surface area (Å²) in [6.45, 7) is 3.79. The summed E-state index contributed by atoms with van der Waals surface area (Å²) in [5.74, 6) is -1.29. The van der Waals surface area contributed by atoms with E-state index in [9.17, 15) is 14.4 Å². The molecular weight excluding hydrogens is 372 g/mol. The molecule has 0 aliphatic heterocycles. The molecule has 0 bridgehead atoms. The summed E-state index contributed by atoms with van der Waals surface area (Å²) in [5.41, 5.74) is 7.25. The van der Waals surface area contributed by atoms with Crippen LogP contribution < -0.4 is 10.9 Å². The highest BCUT2D eigenvalue weighted by atomic mass is 16.5. The van der Waals surface area contributed by atoms with E-state index >= 15 is 0 Å². The topological polar surface area (TPSA) is 102 Å². The molecule has 3 aromatic rings. The molecule has 29 heavy (non-hydrogen) atoms. The molecule has 0 fully saturated rings. The van der Waals surface area contributed by atoms with Crippen molar-refractivity contribution in [2.45, 2.75) is 13.8 Å². The lowest BCUT2D eigenvalue weighted by Crippen LogP contribution is -2.41. The Kier molecular flexibility index (Phi) is 6.03. The summed E-state index contributed by atoms with van der Waals surface area (Å²) in [6, 6.07) is 15.2. The summed E-state index contributed by atoms with van der Waals surface area (Å²) < 4.78 is 6.60. The molecule has 0 saturated heterocycles. The number of carbonyl (C=O) groups is 3. The zero-order valence-corrected chi connectivity index (χ0v) is 16.0. The molecule has 148 valence electrons. The third-order valence-corrected chi connectivity index (χ3v) is 4.20. The van der Waals surface area contributed by atoms with Crippen molar-refractivity contribution in [3.63, 3.8) is 0 Å². The van der Waals surface area contributed by atoms with Crippen molar-refractivity contribution in [2.24, 2.45) is 0 Å². The zero-order valence-electron chi connectivity index (χ0n) is 16.0. The van der Waals surface area contributed by atoms with Gasteiger partial charge in [0.1, 0.15) is 5.56 Å². The van der Waals surface area contributed by atoms with Gasteiger partial charge in [-0.3, -0.25) is 20.4 Å². The summed E-state index contributed by atoms with van der Waals surface area (Å²) >= 11 is 0. The Bertz CT molecular complexity index is 1030. The summed E-state index contributed by atoms with van der Waals surface area (Å²) in [4.78, 5) is 36.2. The van der Waals surface area contributed by atoms with E-state index in [1.807, 2.05) is 0 Å². The molecule has 1 heterocycles. The van der Waals surface area contributed by atoms with Gasteiger partial charge in [-0.1, -0.05) is 18.2 Å². The molecule has 0 aliphatic carbocycles. The van der Waals surface area contributed by atoms with Crippen LogP contribution in [0, 0.1) is 6.92 Å². The minimum atomic E-state index is -0.453.